The Morgan fingerprint density at radius 1 is 1.16 bits per heavy atom. The van der Waals surface area contributed by atoms with E-state index in [0.717, 1.165) is 12.1 Å². The predicted molar refractivity (Wildman–Crippen MR) is 105 cm³/mol. The van der Waals surface area contributed by atoms with E-state index in [4.69, 9.17) is 22.6 Å². The van der Waals surface area contributed by atoms with E-state index in [0.29, 0.717) is 11.8 Å². The second-order valence-corrected chi connectivity index (χ2v) is 7.63. The van der Waals surface area contributed by atoms with Crippen molar-refractivity contribution in [3.8, 4) is 6.07 Å². The van der Waals surface area contributed by atoms with Crippen LogP contribution in [0.2, 0.25) is 5.02 Å². The van der Waals surface area contributed by atoms with Crippen LogP contribution in [0, 0.1) is 11.3 Å². The molecule has 1 heterocycles. The highest BCUT2D eigenvalue weighted by Crippen LogP contribution is 2.42. The molecule has 1 fully saturated rings. The molecule has 4 N–H and O–H groups in total. The van der Waals surface area contributed by atoms with Crippen molar-refractivity contribution < 1.29 is 31.1 Å². The topological polar surface area (TPSA) is 90.9 Å². The molecule has 5 nitrogen and oxygen atoms in total. The maximum absolute atomic E-state index is 13.6. The Labute approximate surface area is 183 Å². The molecule has 1 amide bonds. The van der Waals surface area contributed by atoms with E-state index >= 15 is 0 Å². The minimum Gasteiger partial charge on any atom is -0.399 e. The fourth-order valence-corrected chi connectivity index (χ4v) is 3.84. The second kappa shape index (κ2) is 8.52. The molecule has 3 rings (SSSR count). The van der Waals surface area contributed by atoms with Crippen LogP contribution in [-0.4, -0.2) is 24.2 Å². The lowest BCUT2D eigenvalue weighted by Gasteiger charge is -2.23. The zero-order valence-electron chi connectivity index (χ0n) is 16.0. The minimum absolute atomic E-state index is 0.0715. The van der Waals surface area contributed by atoms with E-state index in [2.05, 4.69) is 10.6 Å². The molecule has 0 spiro atoms. The average Bonchev–Trinajstić information content (AvgIpc) is 3.15. The SMILES string of the molecule is N#Cc1ccc(C2CC(C(=O)Nc3ccc(N)cc3Cl)NC2C(F)(F)F)cc1C(F)(F)F. The standard InChI is InChI=1S/C20H15ClF6N4O/c21-14-6-11(29)3-4-15(14)31-18(32)16-7-12(17(30-16)20(25,26)27)9-1-2-10(8-28)13(5-9)19(22,23)24/h1-6,12,16-17,30H,7,29H2,(H,31,32). The van der Waals surface area contributed by atoms with Crippen molar-refractivity contribution in [3.63, 3.8) is 0 Å². The van der Waals surface area contributed by atoms with Crippen molar-refractivity contribution in [2.75, 3.05) is 11.1 Å². The van der Waals surface area contributed by atoms with Crippen LogP contribution in [0.5, 0.6) is 0 Å². The summed E-state index contributed by atoms with van der Waals surface area (Å²) in [7, 11) is 0. The average molecular weight is 477 g/mol. The molecule has 12 heteroatoms. The third-order valence-corrected chi connectivity index (χ3v) is 5.40. The van der Waals surface area contributed by atoms with Gasteiger partial charge in [-0.2, -0.15) is 31.6 Å². The summed E-state index contributed by atoms with van der Waals surface area (Å²) in [6, 6.07) is 4.30. The first-order chi connectivity index (χ1) is 14.8. The number of anilines is 2. The summed E-state index contributed by atoms with van der Waals surface area (Å²) in [5, 5.41) is 13.5. The van der Waals surface area contributed by atoms with Gasteiger partial charge in [0.2, 0.25) is 5.91 Å². The van der Waals surface area contributed by atoms with E-state index in [1.807, 2.05) is 0 Å². The third kappa shape index (κ3) is 4.92. The van der Waals surface area contributed by atoms with Gasteiger partial charge in [-0.15, -0.1) is 0 Å². The van der Waals surface area contributed by atoms with Gasteiger partial charge in [-0.1, -0.05) is 17.7 Å². The summed E-state index contributed by atoms with van der Waals surface area (Å²) >= 11 is 5.97. The van der Waals surface area contributed by atoms with Gasteiger partial charge >= 0.3 is 12.4 Å². The number of rotatable bonds is 3. The molecule has 1 aliphatic rings. The van der Waals surface area contributed by atoms with Gasteiger partial charge in [0.1, 0.15) is 6.04 Å². The summed E-state index contributed by atoms with van der Waals surface area (Å²) in [6.07, 6.45) is -10.2. The maximum Gasteiger partial charge on any atom is 0.417 e. The van der Waals surface area contributed by atoms with Crippen LogP contribution in [0.25, 0.3) is 0 Å². The molecule has 32 heavy (non-hydrogen) atoms. The number of benzene rings is 2. The molecule has 1 aliphatic heterocycles. The molecule has 0 saturated carbocycles. The van der Waals surface area contributed by atoms with Crippen LogP contribution < -0.4 is 16.4 Å². The molecular formula is C20H15ClF6N4O. The smallest absolute Gasteiger partial charge is 0.399 e. The number of hydrogen-bond donors (Lipinski definition) is 3. The number of nitrogens with one attached hydrogen (secondary N) is 2. The molecule has 2 aromatic carbocycles. The largest absolute Gasteiger partial charge is 0.417 e. The molecule has 0 aromatic heterocycles. The van der Waals surface area contributed by atoms with E-state index in [9.17, 15) is 31.1 Å². The molecule has 170 valence electrons. The van der Waals surface area contributed by atoms with E-state index < -0.39 is 53.8 Å². The zero-order chi connectivity index (χ0) is 23.8. The molecule has 2 aromatic rings. The fourth-order valence-electron chi connectivity index (χ4n) is 3.60. The minimum atomic E-state index is -4.93. The highest BCUT2D eigenvalue weighted by atomic mass is 35.5. The number of amides is 1. The van der Waals surface area contributed by atoms with E-state index in [1.165, 1.54) is 24.3 Å². The van der Waals surface area contributed by atoms with E-state index in [1.54, 1.807) is 0 Å². The van der Waals surface area contributed by atoms with Gasteiger partial charge in [-0.25, -0.2) is 0 Å². The molecule has 3 unspecified atom stereocenters. The van der Waals surface area contributed by atoms with Crippen LogP contribution in [0.1, 0.15) is 29.0 Å². The number of nitriles is 1. The van der Waals surface area contributed by atoms with Gasteiger partial charge < -0.3 is 11.1 Å². The van der Waals surface area contributed by atoms with Crippen molar-refractivity contribution in [2.45, 2.75) is 36.8 Å². The van der Waals surface area contributed by atoms with Crippen molar-refractivity contribution in [1.29, 1.82) is 5.26 Å². The Morgan fingerprint density at radius 3 is 2.41 bits per heavy atom. The normalized spacial score (nSPS) is 21.2. The Morgan fingerprint density at radius 2 is 1.84 bits per heavy atom. The van der Waals surface area contributed by atoms with Gasteiger partial charge in [0.05, 0.1) is 33.9 Å². The van der Waals surface area contributed by atoms with Crippen LogP contribution in [0.4, 0.5) is 37.7 Å². The van der Waals surface area contributed by atoms with Crippen LogP contribution in [0.3, 0.4) is 0 Å². The predicted octanol–water partition coefficient (Wildman–Crippen LogP) is 4.83. The number of nitrogen functional groups attached to an aromatic ring is 1. The number of carbonyl (C=O) groups excluding carboxylic acids is 1. The monoisotopic (exact) mass is 476 g/mol. The summed E-state index contributed by atoms with van der Waals surface area (Å²) in [4.78, 5) is 12.6. The highest BCUT2D eigenvalue weighted by Gasteiger charge is 2.52. The first-order valence-electron chi connectivity index (χ1n) is 9.11. The quantitative estimate of drug-likeness (QED) is 0.437. The van der Waals surface area contributed by atoms with Crippen LogP contribution >= 0.6 is 11.6 Å². The van der Waals surface area contributed by atoms with E-state index in [-0.39, 0.29) is 16.3 Å². The summed E-state index contributed by atoms with van der Waals surface area (Å²) in [5.41, 5.74) is 3.67. The lowest BCUT2D eigenvalue weighted by atomic mass is 9.88. The van der Waals surface area contributed by atoms with Gasteiger partial charge in [-0.3, -0.25) is 10.1 Å². The molecular weight excluding hydrogens is 462 g/mol. The Balaban J connectivity index is 1.91. The van der Waals surface area contributed by atoms with Gasteiger partial charge in [0, 0.05) is 11.6 Å². The first kappa shape index (κ1) is 23.7. The summed E-state index contributed by atoms with van der Waals surface area (Å²) < 4.78 is 80.8. The number of nitrogens with zero attached hydrogens (tertiary/aromatic N) is 1. The molecule has 0 bridgehead atoms. The first-order valence-corrected chi connectivity index (χ1v) is 9.49. The number of nitrogens with two attached hydrogens (primary N) is 1. The second-order valence-electron chi connectivity index (χ2n) is 7.22. The summed E-state index contributed by atoms with van der Waals surface area (Å²) in [6.45, 7) is 0. The van der Waals surface area contributed by atoms with Crippen molar-refractivity contribution >= 4 is 28.9 Å². The Bertz CT molecular complexity index is 1080. The molecule has 1 saturated heterocycles. The molecule has 0 radical (unpaired) electrons. The Hall–Kier alpha value is -2.97. The van der Waals surface area contributed by atoms with Crippen molar-refractivity contribution in [2.24, 2.45) is 0 Å². The number of carbonyl (C=O) groups is 1. The number of hydrogen-bond acceptors (Lipinski definition) is 4. The van der Waals surface area contributed by atoms with Gasteiger partial charge in [0.15, 0.2) is 0 Å². The van der Waals surface area contributed by atoms with Crippen LogP contribution in [0.15, 0.2) is 36.4 Å². The maximum atomic E-state index is 13.6. The van der Waals surface area contributed by atoms with Crippen LogP contribution in [-0.2, 0) is 11.0 Å². The number of alkyl halides is 6. The molecule has 3 atom stereocenters. The Kier molecular flexibility index (Phi) is 6.31. The third-order valence-electron chi connectivity index (χ3n) is 5.09. The number of halogens is 7. The van der Waals surface area contributed by atoms with Gasteiger partial charge in [0.25, 0.3) is 0 Å². The zero-order valence-corrected chi connectivity index (χ0v) is 16.7. The fraction of sp³-hybridized carbons (Fsp3) is 0.300. The van der Waals surface area contributed by atoms with Crippen molar-refractivity contribution in [3.05, 3.63) is 58.1 Å². The molecule has 0 aliphatic carbocycles. The van der Waals surface area contributed by atoms with Crippen molar-refractivity contribution in [1.82, 2.24) is 5.32 Å². The highest BCUT2D eigenvalue weighted by molar-refractivity contribution is 6.34. The van der Waals surface area contributed by atoms with Gasteiger partial charge in [-0.05, 0) is 42.3 Å². The lowest BCUT2D eigenvalue weighted by Crippen LogP contribution is -2.46. The lowest BCUT2D eigenvalue weighted by molar-refractivity contribution is -0.156. The summed E-state index contributed by atoms with van der Waals surface area (Å²) in [5.74, 6) is -2.32.